The van der Waals surface area contributed by atoms with Gasteiger partial charge >= 0.3 is 0 Å². The molecule has 0 saturated carbocycles. The third kappa shape index (κ3) is 2.52. The second kappa shape index (κ2) is 5.88. The van der Waals surface area contributed by atoms with Crippen molar-refractivity contribution in [2.75, 3.05) is 18.0 Å². The molecule has 20 heavy (non-hydrogen) atoms. The van der Waals surface area contributed by atoms with Crippen LogP contribution in [-0.4, -0.2) is 13.1 Å². The Morgan fingerprint density at radius 1 is 1.40 bits per heavy atom. The SMILES string of the molecule is CC1Cc2ccccc2N(C(CN)c2sccc2Br)C1. The molecule has 2 heterocycles. The van der Waals surface area contributed by atoms with Crippen LogP contribution in [0.1, 0.15) is 23.4 Å². The van der Waals surface area contributed by atoms with E-state index in [0.717, 1.165) is 13.0 Å². The fraction of sp³-hybridized carbons (Fsp3) is 0.375. The average Bonchev–Trinajstić information content (AvgIpc) is 2.86. The van der Waals surface area contributed by atoms with E-state index >= 15 is 0 Å². The number of benzene rings is 1. The third-order valence-corrected chi connectivity index (χ3v) is 5.90. The first-order valence-electron chi connectivity index (χ1n) is 6.98. The topological polar surface area (TPSA) is 29.3 Å². The van der Waals surface area contributed by atoms with E-state index in [1.807, 2.05) is 0 Å². The van der Waals surface area contributed by atoms with Gasteiger partial charge in [0.15, 0.2) is 0 Å². The van der Waals surface area contributed by atoms with Gasteiger partial charge in [-0.3, -0.25) is 0 Å². The highest BCUT2D eigenvalue weighted by atomic mass is 79.9. The summed E-state index contributed by atoms with van der Waals surface area (Å²) in [6, 6.07) is 11.1. The Hall–Kier alpha value is -0.840. The molecule has 0 saturated heterocycles. The monoisotopic (exact) mass is 350 g/mol. The van der Waals surface area contributed by atoms with Gasteiger partial charge in [-0.1, -0.05) is 25.1 Å². The number of halogens is 1. The molecule has 2 nitrogen and oxygen atoms in total. The van der Waals surface area contributed by atoms with Gasteiger partial charge in [-0.05, 0) is 51.3 Å². The number of hydrogen-bond donors (Lipinski definition) is 1. The molecule has 3 rings (SSSR count). The van der Waals surface area contributed by atoms with Crippen molar-refractivity contribution in [3.05, 3.63) is 50.6 Å². The molecule has 0 aliphatic carbocycles. The molecule has 1 aromatic carbocycles. The average molecular weight is 351 g/mol. The maximum absolute atomic E-state index is 6.11. The van der Waals surface area contributed by atoms with Crippen LogP contribution in [0.5, 0.6) is 0 Å². The molecule has 1 aliphatic rings. The number of nitrogens with zero attached hydrogens (tertiary/aromatic N) is 1. The van der Waals surface area contributed by atoms with Gasteiger partial charge in [-0.2, -0.15) is 0 Å². The first-order valence-corrected chi connectivity index (χ1v) is 8.65. The van der Waals surface area contributed by atoms with E-state index in [9.17, 15) is 0 Å². The maximum atomic E-state index is 6.11. The standard InChI is InChI=1S/C16H19BrN2S/c1-11-8-12-4-2-3-5-14(12)19(10-11)15(9-18)16-13(17)6-7-20-16/h2-7,11,15H,8-10,18H2,1H3. The lowest BCUT2D eigenvalue weighted by Crippen LogP contribution is -2.40. The minimum Gasteiger partial charge on any atom is -0.362 e. The lowest BCUT2D eigenvalue weighted by Gasteiger charge is -2.40. The van der Waals surface area contributed by atoms with E-state index in [-0.39, 0.29) is 6.04 Å². The summed E-state index contributed by atoms with van der Waals surface area (Å²) in [4.78, 5) is 3.82. The molecule has 0 fully saturated rings. The van der Waals surface area contributed by atoms with E-state index in [0.29, 0.717) is 12.5 Å². The second-order valence-electron chi connectivity index (χ2n) is 5.47. The maximum Gasteiger partial charge on any atom is 0.0768 e. The van der Waals surface area contributed by atoms with Gasteiger partial charge in [0.1, 0.15) is 0 Å². The number of para-hydroxylation sites is 1. The van der Waals surface area contributed by atoms with Crippen LogP contribution in [0.2, 0.25) is 0 Å². The summed E-state index contributed by atoms with van der Waals surface area (Å²) in [6.07, 6.45) is 1.16. The number of fused-ring (bicyclic) bond motifs is 1. The molecular formula is C16H19BrN2S. The minimum absolute atomic E-state index is 0.258. The summed E-state index contributed by atoms with van der Waals surface area (Å²) in [5, 5.41) is 2.13. The predicted octanol–water partition coefficient (Wildman–Crippen LogP) is 4.21. The summed E-state index contributed by atoms with van der Waals surface area (Å²) < 4.78 is 1.17. The zero-order valence-electron chi connectivity index (χ0n) is 11.6. The molecular weight excluding hydrogens is 332 g/mol. The second-order valence-corrected chi connectivity index (χ2v) is 7.28. The number of thiophene rings is 1. The summed E-state index contributed by atoms with van der Waals surface area (Å²) in [5.74, 6) is 0.665. The van der Waals surface area contributed by atoms with E-state index in [1.165, 1.54) is 20.6 Å². The summed E-state index contributed by atoms with van der Waals surface area (Å²) in [7, 11) is 0. The van der Waals surface area contributed by atoms with Crippen molar-refractivity contribution in [3.8, 4) is 0 Å². The number of anilines is 1. The van der Waals surface area contributed by atoms with Crippen LogP contribution in [0.25, 0.3) is 0 Å². The zero-order chi connectivity index (χ0) is 14.1. The molecule has 1 aromatic heterocycles. The molecule has 4 heteroatoms. The van der Waals surface area contributed by atoms with Gasteiger partial charge in [0.2, 0.25) is 0 Å². The van der Waals surface area contributed by atoms with Gasteiger partial charge in [-0.25, -0.2) is 0 Å². The van der Waals surface area contributed by atoms with Crippen molar-refractivity contribution in [1.29, 1.82) is 0 Å². The number of rotatable bonds is 3. The van der Waals surface area contributed by atoms with E-state index in [2.05, 4.69) is 63.5 Å². The van der Waals surface area contributed by atoms with Crippen LogP contribution < -0.4 is 10.6 Å². The first-order chi connectivity index (χ1) is 9.70. The lowest BCUT2D eigenvalue weighted by molar-refractivity contribution is 0.492. The van der Waals surface area contributed by atoms with Gasteiger partial charge in [0.05, 0.1) is 6.04 Å². The molecule has 2 aromatic rings. The Morgan fingerprint density at radius 2 is 2.20 bits per heavy atom. The van der Waals surface area contributed by atoms with Gasteiger partial charge < -0.3 is 10.6 Å². The van der Waals surface area contributed by atoms with E-state index in [1.54, 1.807) is 11.3 Å². The molecule has 1 aliphatic heterocycles. The Bertz CT molecular complexity index is 596. The van der Waals surface area contributed by atoms with Crippen LogP contribution in [0.15, 0.2) is 40.2 Å². The Labute approximate surface area is 132 Å². The fourth-order valence-electron chi connectivity index (χ4n) is 3.05. The first kappa shape index (κ1) is 14.1. The van der Waals surface area contributed by atoms with Crippen molar-refractivity contribution < 1.29 is 0 Å². The Balaban J connectivity index is 2.02. The van der Waals surface area contributed by atoms with Crippen LogP contribution in [0, 0.1) is 5.92 Å². The van der Waals surface area contributed by atoms with Crippen LogP contribution in [0.4, 0.5) is 5.69 Å². The summed E-state index contributed by atoms with van der Waals surface area (Å²) in [6.45, 7) is 4.03. The van der Waals surface area contributed by atoms with Crippen LogP contribution in [-0.2, 0) is 6.42 Å². The Morgan fingerprint density at radius 3 is 2.90 bits per heavy atom. The largest absolute Gasteiger partial charge is 0.362 e. The van der Waals surface area contributed by atoms with E-state index in [4.69, 9.17) is 5.73 Å². The minimum atomic E-state index is 0.258. The normalized spacial score (nSPS) is 19.8. The highest BCUT2D eigenvalue weighted by Gasteiger charge is 2.29. The van der Waals surface area contributed by atoms with Crippen molar-refractivity contribution in [2.24, 2.45) is 11.7 Å². The summed E-state index contributed by atoms with van der Waals surface area (Å²) >= 11 is 5.44. The van der Waals surface area contributed by atoms with Crippen LogP contribution >= 0.6 is 27.3 Å². The Kier molecular flexibility index (Phi) is 4.15. The molecule has 2 unspecified atom stereocenters. The third-order valence-electron chi connectivity index (χ3n) is 3.92. The summed E-state index contributed by atoms with van der Waals surface area (Å²) in [5.41, 5.74) is 8.90. The fourth-order valence-corrected chi connectivity index (χ4v) is 4.82. The van der Waals surface area contributed by atoms with Crippen molar-refractivity contribution in [1.82, 2.24) is 0 Å². The van der Waals surface area contributed by atoms with Crippen molar-refractivity contribution in [3.63, 3.8) is 0 Å². The molecule has 2 N–H and O–H groups in total. The highest BCUT2D eigenvalue weighted by Crippen LogP contribution is 2.39. The molecule has 0 bridgehead atoms. The quantitative estimate of drug-likeness (QED) is 0.898. The predicted molar refractivity (Wildman–Crippen MR) is 90.5 cm³/mol. The molecule has 0 amide bonds. The number of nitrogens with two attached hydrogens (primary N) is 1. The van der Waals surface area contributed by atoms with Crippen molar-refractivity contribution in [2.45, 2.75) is 19.4 Å². The smallest absolute Gasteiger partial charge is 0.0768 e. The van der Waals surface area contributed by atoms with Gasteiger partial charge in [0.25, 0.3) is 0 Å². The van der Waals surface area contributed by atoms with Gasteiger partial charge in [-0.15, -0.1) is 11.3 Å². The number of hydrogen-bond acceptors (Lipinski definition) is 3. The molecule has 0 radical (unpaired) electrons. The zero-order valence-corrected chi connectivity index (χ0v) is 14.0. The molecule has 106 valence electrons. The van der Waals surface area contributed by atoms with E-state index < -0.39 is 0 Å². The highest BCUT2D eigenvalue weighted by molar-refractivity contribution is 9.10. The molecule has 0 spiro atoms. The molecule has 2 atom stereocenters. The lowest BCUT2D eigenvalue weighted by atomic mass is 9.92. The van der Waals surface area contributed by atoms with Gasteiger partial charge in [0, 0.05) is 28.1 Å². The van der Waals surface area contributed by atoms with Crippen molar-refractivity contribution >= 4 is 33.0 Å². The van der Waals surface area contributed by atoms with Crippen LogP contribution in [0.3, 0.4) is 0 Å².